The second-order valence-corrected chi connectivity index (χ2v) is 5.72. The first-order valence-electron chi connectivity index (χ1n) is 8.04. The van der Waals surface area contributed by atoms with Crippen LogP contribution in [0, 0.1) is 0 Å². The van der Waals surface area contributed by atoms with Crippen LogP contribution >= 0.6 is 0 Å². The van der Waals surface area contributed by atoms with Crippen molar-refractivity contribution in [3.05, 3.63) is 29.8 Å². The molecule has 2 unspecified atom stereocenters. The van der Waals surface area contributed by atoms with Gasteiger partial charge >= 0.3 is 0 Å². The lowest BCUT2D eigenvalue weighted by Crippen LogP contribution is -2.37. The third-order valence-electron chi connectivity index (χ3n) is 4.62. The minimum atomic E-state index is 0.172. The first-order valence-corrected chi connectivity index (χ1v) is 8.04. The molecule has 0 spiro atoms. The summed E-state index contributed by atoms with van der Waals surface area (Å²) < 4.78 is 0. The van der Waals surface area contributed by atoms with E-state index in [2.05, 4.69) is 54.8 Å². The van der Waals surface area contributed by atoms with E-state index < -0.39 is 0 Å². The van der Waals surface area contributed by atoms with Gasteiger partial charge in [0.15, 0.2) is 0 Å². The molecule has 1 aliphatic rings. The zero-order valence-electron chi connectivity index (χ0n) is 13.2. The Morgan fingerprint density at radius 2 is 1.85 bits per heavy atom. The van der Waals surface area contributed by atoms with Crippen LogP contribution in [-0.4, -0.2) is 37.1 Å². The van der Waals surface area contributed by atoms with E-state index in [-0.39, 0.29) is 6.04 Å². The molecule has 1 heterocycles. The van der Waals surface area contributed by atoms with Crippen molar-refractivity contribution in [1.29, 1.82) is 0 Å². The summed E-state index contributed by atoms with van der Waals surface area (Å²) in [5.41, 5.74) is 8.66. The Hall–Kier alpha value is -1.06. The van der Waals surface area contributed by atoms with Crippen molar-refractivity contribution >= 4 is 5.69 Å². The fourth-order valence-electron chi connectivity index (χ4n) is 3.18. The highest BCUT2D eigenvalue weighted by atomic mass is 15.2. The van der Waals surface area contributed by atoms with Gasteiger partial charge in [-0.3, -0.25) is 4.90 Å². The van der Waals surface area contributed by atoms with Crippen molar-refractivity contribution in [2.24, 2.45) is 5.73 Å². The highest BCUT2D eigenvalue weighted by molar-refractivity contribution is 5.49. The fraction of sp³-hybridized carbons (Fsp3) is 0.647. The molecule has 2 rings (SSSR count). The van der Waals surface area contributed by atoms with Crippen LogP contribution in [0.5, 0.6) is 0 Å². The molecular weight excluding hydrogens is 246 g/mol. The Labute approximate surface area is 123 Å². The van der Waals surface area contributed by atoms with Crippen molar-refractivity contribution in [3.63, 3.8) is 0 Å². The molecule has 2 N–H and O–H groups in total. The summed E-state index contributed by atoms with van der Waals surface area (Å²) in [5.74, 6) is 0. The molecule has 1 saturated heterocycles. The Balaban J connectivity index is 1.99. The van der Waals surface area contributed by atoms with Gasteiger partial charge in [0.05, 0.1) is 0 Å². The number of hydrogen-bond donors (Lipinski definition) is 1. The predicted octanol–water partition coefficient (Wildman–Crippen LogP) is 3.02. The van der Waals surface area contributed by atoms with E-state index in [1.807, 2.05) is 0 Å². The largest absolute Gasteiger partial charge is 0.370 e. The molecule has 1 aromatic carbocycles. The molecule has 0 aromatic heterocycles. The summed E-state index contributed by atoms with van der Waals surface area (Å²) in [5, 5.41) is 0. The standard InChI is InChI=1S/C17H29N3/c1-4-17(18)14-7-9-15(10-8-14)20-12-11-16(13-20)19(5-2)6-3/h7-10,16-17H,4-6,11-13,18H2,1-3H3. The van der Waals surface area contributed by atoms with E-state index in [0.717, 1.165) is 26.1 Å². The SMILES string of the molecule is CCC(N)c1ccc(N2CCC(N(CC)CC)C2)cc1. The number of nitrogens with zero attached hydrogens (tertiary/aromatic N) is 2. The molecule has 0 saturated carbocycles. The lowest BCUT2D eigenvalue weighted by atomic mass is 10.1. The zero-order valence-corrected chi connectivity index (χ0v) is 13.2. The van der Waals surface area contributed by atoms with Crippen molar-refractivity contribution in [2.45, 2.75) is 45.7 Å². The van der Waals surface area contributed by atoms with E-state index >= 15 is 0 Å². The smallest absolute Gasteiger partial charge is 0.0366 e. The number of nitrogens with two attached hydrogens (primary N) is 1. The van der Waals surface area contributed by atoms with Gasteiger partial charge in [0, 0.05) is 30.9 Å². The molecule has 0 radical (unpaired) electrons. The summed E-state index contributed by atoms with van der Waals surface area (Å²) >= 11 is 0. The van der Waals surface area contributed by atoms with E-state index in [1.165, 1.54) is 24.2 Å². The second kappa shape index (κ2) is 7.09. The maximum Gasteiger partial charge on any atom is 0.0366 e. The van der Waals surface area contributed by atoms with Gasteiger partial charge in [0.2, 0.25) is 0 Å². The average molecular weight is 275 g/mol. The summed E-state index contributed by atoms with van der Waals surface area (Å²) in [4.78, 5) is 5.08. The molecule has 1 aromatic rings. The van der Waals surface area contributed by atoms with Gasteiger partial charge in [-0.15, -0.1) is 0 Å². The van der Waals surface area contributed by atoms with E-state index in [1.54, 1.807) is 0 Å². The molecule has 3 heteroatoms. The molecule has 20 heavy (non-hydrogen) atoms. The van der Waals surface area contributed by atoms with Crippen molar-refractivity contribution in [1.82, 2.24) is 4.90 Å². The number of likely N-dealkylation sites (N-methyl/N-ethyl adjacent to an activating group) is 1. The number of hydrogen-bond acceptors (Lipinski definition) is 3. The van der Waals surface area contributed by atoms with E-state index in [0.29, 0.717) is 6.04 Å². The minimum Gasteiger partial charge on any atom is -0.370 e. The fourth-order valence-corrected chi connectivity index (χ4v) is 3.18. The molecule has 0 amide bonds. The first-order chi connectivity index (χ1) is 9.69. The van der Waals surface area contributed by atoms with Crippen LogP contribution in [0.3, 0.4) is 0 Å². The maximum absolute atomic E-state index is 6.08. The van der Waals surface area contributed by atoms with Crippen LogP contribution in [0.4, 0.5) is 5.69 Å². The second-order valence-electron chi connectivity index (χ2n) is 5.72. The number of rotatable bonds is 6. The molecule has 0 bridgehead atoms. The van der Waals surface area contributed by atoms with E-state index in [9.17, 15) is 0 Å². The molecule has 112 valence electrons. The molecular formula is C17H29N3. The molecule has 3 nitrogen and oxygen atoms in total. The van der Waals surface area contributed by atoms with Crippen LogP contribution in [0.2, 0.25) is 0 Å². The van der Waals surface area contributed by atoms with E-state index in [4.69, 9.17) is 5.73 Å². The van der Waals surface area contributed by atoms with Gasteiger partial charge < -0.3 is 10.6 Å². The zero-order chi connectivity index (χ0) is 14.5. The summed E-state index contributed by atoms with van der Waals surface area (Å²) in [7, 11) is 0. The molecule has 2 atom stereocenters. The first kappa shape index (κ1) is 15.3. The van der Waals surface area contributed by atoms with Crippen LogP contribution in [0.15, 0.2) is 24.3 Å². The Bertz CT molecular complexity index is 397. The van der Waals surface area contributed by atoms with Crippen molar-refractivity contribution in [3.8, 4) is 0 Å². The van der Waals surface area contributed by atoms with Gasteiger partial charge in [0.1, 0.15) is 0 Å². The molecule has 1 aliphatic heterocycles. The Kier molecular flexibility index (Phi) is 5.44. The quantitative estimate of drug-likeness (QED) is 0.866. The monoisotopic (exact) mass is 275 g/mol. The van der Waals surface area contributed by atoms with Crippen molar-refractivity contribution in [2.75, 3.05) is 31.1 Å². The molecule has 1 fully saturated rings. The van der Waals surface area contributed by atoms with Crippen molar-refractivity contribution < 1.29 is 0 Å². The average Bonchev–Trinajstić information content (AvgIpc) is 2.97. The minimum absolute atomic E-state index is 0.172. The highest BCUT2D eigenvalue weighted by Crippen LogP contribution is 2.25. The Morgan fingerprint density at radius 1 is 1.20 bits per heavy atom. The third kappa shape index (κ3) is 3.33. The van der Waals surface area contributed by atoms with Crippen LogP contribution in [0.25, 0.3) is 0 Å². The Morgan fingerprint density at radius 3 is 2.40 bits per heavy atom. The normalized spacial score (nSPS) is 20.6. The topological polar surface area (TPSA) is 32.5 Å². The van der Waals surface area contributed by atoms with Gasteiger partial charge in [-0.25, -0.2) is 0 Å². The summed E-state index contributed by atoms with van der Waals surface area (Å²) in [6.07, 6.45) is 2.27. The summed E-state index contributed by atoms with van der Waals surface area (Å²) in [6, 6.07) is 9.72. The third-order valence-corrected chi connectivity index (χ3v) is 4.62. The molecule has 0 aliphatic carbocycles. The number of benzene rings is 1. The lowest BCUT2D eigenvalue weighted by Gasteiger charge is -2.26. The van der Waals surface area contributed by atoms with Gasteiger partial charge in [0.25, 0.3) is 0 Å². The van der Waals surface area contributed by atoms with Crippen LogP contribution in [-0.2, 0) is 0 Å². The predicted molar refractivity (Wildman–Crippen MR) is 87.2 cm³/mol. The van der Waals surface area contributed by atoms with Crippen LogP contribution < -0.4 is 10.6 Å². The van der Waals surface area contributed by atoms with Gasteiger partial charge in [-0.05, 0) is 43.6 Å². The lowest BCUT2D eigenvalue weighted by molar-refractivity contribution is 0.232. The number of anilines is 1. The van der Waals surface area contributed by atoms with Gasteiger partial charge in [-0.1, -0.05) is 32.9 Å². The van der Waals surface area contributed by atoms with Gasteiger partial charge in [-0.2, -0.15) is 0 Å². The van der Waals surface area contributed by atoms with Crippen LogP contribution in [0.1, 0.15) is 45.2 Å². The summed E-state index contributed by atoms with van der Waals surface area (Å²) in [6.45, 7) is 11.3. The highest BCUT2D eigenvalue weighted by Gasteiger charge is 2.26. The maximum atomic E-state index is 6.08.